The Hall–Kier alpha value is -6.58. The van der Waals surface area contributed by atoms with Gasteiger partial charge in [0.2, 0.25) is 29.5 Å². The van der Waals surface area contributed by atoms with Crippen molar-refractivity contribution in [2.75, 3.05) is 83.5 Å². The number of nitrogens with one attached hydrogen (secondary N) is 3. The van der Waals surface area contributed by atoms with Crippen molar-refractivity contribution in [1.29, 1.82) is 0 Å². The van der Waals surface area contributed by atoms with E-state index in [1.807, 2.05) is 52.8 Å². The number of likely N-dealkylation sites (N-methyl/N-ethyl adjacent to an activating group) is 1. The zero-order chi connectivity index (χ0) is 57.8. The maximum atomic E-state index is 13.9. The van der Waals surface area contributed by atoms with E-state index in [1.54, 1.807) is 24.7 Å². The number of carbonyl (C=O) groups is 5. The number of aromatic nitrogens is 3. The fourth-order valence-corrected chi connectivity index (χ4v) is 11.3. The van der Waals surface area contributed by atoms with Crippen molar-refractivity contribution in [3.8, 4) is 27.7 Å². The second kappa shape index (κ2) is 27.7. The number of aliphatic hydroxyl groups is 1. The Labute approximate surface area is 482 Å². The summed E-state index contributed by atoms with van der Waals surface area (Å²) in [6.07, 6.45) is 3.41. The Balaban J connectivity index is 0.835. The Kier molecular flexibility index (Phi) is 21.2. The van der Waals surface area contributed by atoms with E-state index in [-0.39, 0.29) is 47.2 Å². The molecule has 7 rings (SSSR count). The third kappa shape index (κ3) is 15.7. The van der Waals surface area contributed by atoms with E-state index in [0.717, 1.165) is 84.1 Å². The first-order valence-electron chi connectivity index (χ1n) is 26.9. The number of unbranched alkanes of at least 4 members (excludes halogenated alkanes) is 2. The fraction of sp³-hybridized carbons (Fsp3) is 0.483. The lowest BCUT2D eigenvalue weighted by Crippen LogP contribution is -2.57. The minimum Gasteiger partial charge on any atom is -0.495 e. The first-order chi connectivity index (χ1) is 38.1. The number of carbonyl (C=O) groups excluding carboxylic acids is 5. The first kappa shape index (κ1) is 61.0. The van der Waals surface area contributed by atoms with E-state index < -0.39 is 41.5 Å². The van der Waals surface area contributed by atoms with Crippen molar-refractivity contribution in [2.45, 2.75) is 104 Å². The fourth-order valence-electron chi connectivity index (χ4n) is 9.87. The number of likely N-dealkylation sites (tertiary alicyclic amines) is 1. The number of hydrogen-bond acceptors (Lipinski definition) is 15. The summed E-state index contributed by atoms with van der Waals surface area (Å²) < 4.78 is 17.2. The van der Waals surface area contributed by atoms with E-state index in [9.17, 15) is 29.1 Å². The summed E-state index contributed by atoms with van der Waals surface area (Å²) in [6, 6.07) is 15.3. The average Bonchev–Trinajstić information content (AvgIpc) is 4.06. The van der Waals surface area contributed by atoms with Gasteiger partial charge in [-0.3, -0.25) is 33.8 Å². The van der Waals surface area contributed by atoms with Crippen LogP contribution in [-0.2, 0) is 36.8 Å². The molecular formula is C58H74Cl2N10O9S. The van der Waals surface area contributed by atoms with Gasteiger partial charge < -0.3 is 45.1 Å². The molecule has 0 unspecified atom stereocenters. The quantitative estimate of drug-likeness (QED) is 0.0475. The van der Waals surface area contributed by atoms with Gasteiger partial charge in [-0.25, -0.2) is 15.0 Å². The molecule has 2 saturated heterocycles. The molecule has 0 bridgehead atoms. The van der Waals surface area contributed by atoms with Crippen LogP contribution in [0.2, 0.25) is 10.0 Å². The highest BCUT2D eigenvalue weighted by atomic mass is 35.5. The van der Waals surface area contributed by atoms with Gasteiger partial charge in [0.1, 0.15) is 41.5 Å². The monoisotopic (exact) mass is 1160 g/mol. The summed E-state index contributed by atoms with van der Waals surface area (Å²) in [5, 5.41) is 20.0. The molecule has 5 amide bonds. The molecule has 80 heavy (non-hydrogen) atoms. The van der Waals surface area contributed by atoms with Crippen LogP contribution in [0, 0.1) is 12.3 Å². The standard InChI is InChI=1S/C58H74Cl2N10O9S/c1-35(65-56(75)45-28-42(72)31-70(45)57(76)55(58(4,5)6)66-37(3)71)43-18-15-39(54-36(2)64-34-80-54)26-46(43)79-24-12-10-11-19-61-50(73)32-68-20-22-69(23-21-68)41-16-13-38(14-17-41)25-40-27-49(63-33-62-40)67(7)51(74)29-44-52(59)47(77-8)30-48(78-9)53(44)60/h13-18,26-27,30,33-35,42,45,55,72H,10-12,19-25,28-29,31-32H2,1-9H3,(H,61,73)(H,65,75)(H,66,71)/t35-,42+,45-,55+/m0/s1. The third-order valence-electron chi connectivity index (χ3n) is 14.4. The molecule has 0 radical (unpaired) electrons. The Morgan fingerprint density at radius 3 is 2.23 bits per heavy atom. The van der Waals surface area contributed by atoms with Crippen molar-refractivity contribution in [3.05, 3.63) is 105 Å². The molecule has 4 atom stereocenters. The summed E-state index contributed by atoms with van der Waals surface area (Å²) in [7, 11) is 4.60. The molecule has 430 valence electrons. The first-order valence-corrected chi connectivity index (χ1v) is 28.5. The van der Waals surface area contributed by atoms with Crippen LogP contribution in [0.15, 0.2) is 66.4 Å². The number of halogens is 2. The molecule has 0 aliphatic carbocycles. The third-order valence-corrected chi connectivity index (χ3v) is 16.2. The van der Waals surface area contributed by atoms with Gasteiger partial charge in [0.05, 0.1) is 77.8 Å². The van der Waals surface area contributed by atoms with E-state index in [4.69, 9.17) is 37.4 Å². The van der Waals surface area contributed by atoms with Crippen LogP contribution >= 0.6 is 34.5 Å². The van der Waals surface area contributed by atoms with E-state index in [2.05, 4.69) is 65.0 Å². The minimum atomic E-state index is -0.924. The molecule has 4 N–H and O–H groups in total. The maximum Gasteiger partial charge on any atom is 0.246 e. The van der Waals surface area contributed by atoms with Crippen LogP contribution in [0.25, 0.3) is 10.4 Å². The predicted octanol–water partition coefficient (Wildman–Crippen LogP) is 7.21. The lowest BCUT2D eigenvalue weighted by molar-refractivity contribution is -0.144. The molecule has 22 heteroatoms. The topological polar surface area (TPSA) is 221 Å². The Morgan fingerprint density at radius 2 is 1.59 bits per heavy atom. The van der Waals surface area contributed by atoms with Crippen LogP contribution in [-0.4, -0.2) is 151 Å². The average molecular weight is 1160 g/mol. The summed E-state index contributed by atoms with van der Waals surface area (Å²) in [6.45, 7) is 15.0. The molecule has 19 nitrogen and oxygen atoms in total. The van der Waals surface area contributed by atoms with Gasteiger partial charge in [-0.1, -0.05) is 68.2 Å². The summed E-state index contributed by atoms with van der Waals surface area (Å²) in [5.74, 6) is 0.282. The molecule has 2 aliphatic heterocycles. The van der Waals surface area contributed by atoms with Gasteiger partial charge in [0, 0.05) is 95.0 Å². The van der Waals surface area contributed by atoms with Crippen molar-refractivity contribution in [2.24, 2.45) is 5.41 Å². The highest BCUT2D eigenvalue weighted by Crippen LogP contribution is 2.41. The van der Waals surface area contributed by atoms with Crippen LogP contribution in [0.3, 0.4) is 0 Å². The highest BCUT2D eigenvalue weighted by molar-refractivity contribution is 7.13. The number of piperazine rings is 1. The maximum absolute atomic E-state index is 13.9. The minimum absolute atomic E-state index is 0.00832. The van der Waals surface area contributed by atoms with Crippen LogP contribution in [0.1, 0.15) is 94.4 Å². The number of rotatable bonds is 23. The zero-order valence-electron chi connectivity index (χ0n) is 47.1. The van der Waals surface area contributed by atoms with E-state index in [1.165, 1.54) is 48.6 Å². The molecule has 2 aromatic heterocycles. The number of hydrogen-bond donors (Lipinski definition) is 4. The number of benzene rings is 3. The number of aliphatic hydroxyl groups excluding tert-OH is 1. The van der Waals surface area contributed by atoms with Crippen molar-refractivity contribution >= 4 is 75.6 Å². The van der Waals surface area contributed by atoms with Crippen molar-refractivity contribution in [1.82, 2.24) is 40.7 Å². The van der Waals surface area contributed by atoms with Crippen LogP contribution in [0.5, 0.6) is 17.2 Å². The summed E-state index contributed by atoms with van der Waals surface area (Å²) >= 11 is 14.6. The predicted molar refractivity (Wildman–Crippen MR) is 311 cm³/mol. The van der Waals surface area contributed by atoms with Crippen LogP contribution in [0.4, 0.5) is 11.5 Å². The second-order valence-electron chi connectivity index (χ2n) is 21.4. The van der Waals surface area contributed by atoms with E-state index >= 15 is 0 Å². The van der Waals surface area contributed by atoms with Crippen molar-refractivity contribution in [3.63, 3.8) is 0 Å². The summed E-state index contributed by atoms with van der Waals surface area (Å²) in [4.78, 5) is 87.8. The zero-order valence-corrected chi connectivity index (χ0v) is 49.4. The molecule has 5 aromatic rings. The van der Waals surface area contributed by atoms with Gasteiger partial charge in [0.25, 0.3) is 0 Å². The molecule has 0 spiro atoms. The number of nitrogens with zero attached hydrogens (tertiary/aromatic N) is 7. The van der Waals surface area contributed by atoms with E-state index in [0.29, 0.717) is 54.7 Å². The Bertz CT molecular complexity index is 2960. The molecular weight excluding hydrogens is 1080 g/mol. The van der Waals surface area contributed by atoms with Crippen LogP contribution < -0.4 is 40.0 Å². The highest BCUT2D eigenvalue weighted by Gasteiger charge is 2.44. The lowest BCUT2D eigenvalue weighted by Gasteiger charge is -2.35. The van der Waals surface area contributed by atoms with Crippen molar-refractivity contribution < 1.29 is 43.3 Å². The molecule has 2 aliphatic rings. The second-order valence-corrected chi connectivity index (χ2v) is 23.0. The molecule has 0 saturated carbocycles. The van der Waals surface area contributed by atoms with Gasteiger partial charge in [-0.15, -0.1) is 11.3 Å². The molecule has 3 aromatic carbocycles. The number of ether oxygens (including phenoxy) is 3. The summed E-state index contributed by atoms with van der Waals surface area (Å²) in [5.41, 5.74) is 7.06. The normalized spacial score (nSPS) is 16.4. The number of thiazole rings is 1. The molecule has 4 heterocycles. The number of methoxy groups -OCH3 is 2. The Morgan fingerprint density at radius 1 is 0.887 bits per heavy atom. The number of β-amino-alcohol motifs (C(OH)–C–C–N with tert-alkyl or cyclic N) is 1. The lowest BCUT2D eigenvalue weighted by atomic mass is 9.85. The SMILES string of the molecule is COc1cc(OC)c(Cl)c(CC(=O)N(C)c2cc(Cc3ccc(N4CCN(CC(=O)NCCCCCOc5cc(-c6scnc6C)ccc5[C@H](C)NC(=O)[C@@H]5C[C@@H](O)CN5C(=O)[C@@H](NC(C)=O)C(C)(C)C)CC4)cc3)ncn2)c1Cl. The largest absolute Gasteiger partial charge is 0.495 e. The van der Waals surface area contributed by atoms with Gasteiger partial charge >= 0.3 is 0 Å². The number of aryl methyl sites for hydroxylation is 1. The molecule has 2 fully saturated rings. The van der Waals surface area contributed by atoms with Gasteiger partial charge in [0.15, 0.2) is 0 Å². The number of anilines is 2. The van der Waals surface area contributed by atoms with Gasteiger partial charge in [-0.05, 0) is 67.9 Å². The number of amides is 5. The van der Waals surface area contributed by atoms with Gasteiger partial charge in [-0.2, -0.15) is 0 Å². The smallest absolute Gasteiger partial charge is 0.246 e.